The monoisotopic (exact) mass is 335 g/mol. The number of rotatable bonds is 3. The molecule has 0 atom stereocenters. The molecule has 0 aliphatic heterocycles. The Balaban J connectivity index is 3.57. The molecule has 0 saturated heterocycles. The first-order valence-corrected chi connectivity index (χ1v) is 6.35. The average molecular weight is 336 g/mol. The predicted molar refractivity (Wildman–Crippen MR) is 64.7 cm³/mol. The van der Waals surface area contributed by atoms with Gasteiger partial charge < -0.3 is 4.74 Å². The van der Waals surface area contributed by atoms with Gasteiger partial charge in [0.1, 0.15) is 6.07 Å². The van der Waals surface area contributed by atoms with Crippen molar-refractivity contribution in [3.63, 3.8) is 0 Å². The zero-order valence-electron chi connectivity index (χ0n) is 9.84. The van der Waals surface area contributed by atoms with Gasteiger partial charge in [0.15, 0.2) is 0 Å². The highest BCUT2D eigenvalue weighted by molar-refractivity contribution is 9.08. The van der Waals surface area contributed by atoms with E-state index in [4.69, 9.17) is 10.00 Å². The topological polar surface area (TPSA) is 50.1 Å². The van der Waals surface area contributed by atoms with Gasteiger partial charge in [-0.25, -0.2) is 4.79 Å². The van der Waals surface area contributed by atoms with E-state index in [2.05, 4.69) is 15.9 Å². The van der Waals surface area contributed by atoms with Gasteiger partial charge in [-0.2, -0.15) is 18.4 Å². The maximum atomic E-state index is 12.8. The van der Waals surface area contributed by atoms with Gasteiger partial charge in [0.25, 0.3) is 0 Å². The van der Waals surface area contributed by atoms with E-state index in [0.717, 1.165) is 12.1 Å². The molecule has 1 aromatic carbocycles. The van der Waals surface area contributed by atoms with Gasteiger partial charge in [0.2, 0.25) is 0 Å². The zero-order valence-corrected chi connectivity index (χ0v) is 11.4. The molecule has 19 heavy (non-hydrogen) atoms. The Labute approximate surface area is 116 Å². The lowest BCUT2D eigenvalue weighted by Gasteiger charge is -2.15. The molecule has 0 aliphatic rings. The van der Waals surface area contributed by atoms with Crippen LogP contribution in [0, 0.1) is 11.3 Å². The van der Waals surface area contributed by atoms with E-state index in [1.54, 1.807) is 6.07 Å². The molecule has 0 unspecified atom stereocenters. The summed E-state index contributed by atoms with van der Waals surface area (Å²) >= 11 is 2.92. The fraction of sp³-hybridized carbons (Fsp3) is 0.333. The van der Waals surface area contributed by atoms with Crippen LogP contribution in [0.25, 0.3) is 0 Å². The number of carbonyl (C=O) groups is 1. The molecule has 1 rings (SSSR count). The first kappa shape index (κ1) is 15.5. The van der Waals surface area contributed by atoms with Crippen molar-refractivity contribution in [3.8, 4) is 6.07 Å². The van der Waals surface area contributed by atoms with Gasteiger partial charge in [-0.1, -0.05) is 15.9 Å². The number of carbonyl (C=O) groups excluding carboxylic acids is 1. The molecular weight excluding hydrogens is 327 g/mol. The van der Waals surface area contributed by atoms with E-state index in [9.17, 15) is 18.0 Å². The number of nitriles is 1. The molecule has 0 aromatic heterocycles. The number of hydrogen-bond acceptors (Lipinski definition) is 3. The van der Waals surface area contributed by atoms with Crippen LogP contribution in [0.4, 0.5) is 13.2 Å². The van der Waals surface area contributed by atoms with Crippen molar-refractivity contribution in [3.05, 3.63) is 34.4 Å². The average Bonchev–Trinajstić information content (AvgIpc) is 2.35. The number of ether oxygens (including phenoxy) is 1. The van der Waals surface area contributed by atoms with Crippen molar-refractivity contribution < 1.29 is 22.7 Å². The number of alkyl halides is 4. The third-order valence-corrected chi connectivity index (χ3v) is 2.91. The lowest BCUT2D eigenvalue weighted by molar-refractivity contribution is -0.138. The lowest BCUT2D eigenvalue weighted by Crippen LogP contribution is -2.16. The fourth-order valence-electron chi connectivity index (χ4n) is 1.58. The minimum atomic E-state index is -4.60. The van der Waals surface area contributed by atoms with Crippen molar-refractivity contribution in [1.29, 1.82) is 5.26 Å². The molecule has 3 nitrogen and oxygen atoms in total. The number of halogens is 4. The number of nitrogens with zero attached hydrogens (tertiary/aromatic N) is 1. The van der Waals surface area contributed by atoms with Crippen LogP contribution in [0.2, 0.25) is 0 Å². The number of esters is 1. The Kier molecular flexibility index (Phi) is 4.95. The van der Waals surface area contributed by atoms with Crippen LogP contribution in [0.3, 0.4) is 0 Å². The van der Waals surface area contributed by atoms with E-state index in [0.29, 0.717) is 0 Å². The second-order valence-electron chi connectivity index (χ2n) is 3.48. The Morgan fingerprint density at radius 1 is 1.47 bits per heavy atom. The third kappa shape index (κ3) is 3.26. The SMILES string of the molecule is CCOC(=O)c1c(C#N)ccc(C(F)(F)F)c1CBr. The van der Waals surface area contributed by atoms with Crippen molar-refractivity contribution in [2.75, 3.05) is 6.61 Å². The Morgan fingerprint density at radius 3 is 2.53 bits per heavy atom. The van der Waals surface area contributed by atoms with Crippen molar-refractivity contribution in [1.82, 2.24) is 0 Å². The summed E-state index contributed by atoms with van der Waals surface area (Å²) in [4.78, 5) is 11.7. The highest BCUT2D eigenvalue weighted by atomic mass is 79.9. The minimum absolute atomic E-state index is 0.0155. The summed E-state index contributed by atoms with van der Waals surface area (Å²) in [5, 5.41) is 8.69. The molecular formula is C12H9BrF3NO2. The minimum Gasteiger partial charge on any atom is -0.462 e. The number of benzene rings is 1. The van der Waals surface area contributed by atoms with Crippen molar-refractivity contribution in [2.24, 2.45) is 0 Å². The van der Waals surface area contributed by atoms with E-state index in [1.807, 2.05) is 0 Å². The molecule has 102 valence electrons. The maximum Gasteiger partial charge on any atom is 0.416 e. The number of hydrogen-bond donors (Lipinski definition) is 0. The summed E-state index contributed by atoms with van der Waals surface area (Å²) in [6, 6.07) is 3.46. The zero-order chi connectivity index (χ0) is 14.6. The second-order valence-corrected chi connectivity index (χ2v) is 4.04. The predicted octanol–water partition coefficient (Wildman–Crippen LogP) is 3.65. The van der Waals surface area contributed by atoms with Crippen LogP contribution >= 0.6 is 15.9 Å². The van der Waals surface area contributed by atoms with Crippen LogP contribution in [0.5, 0.6) is 0 Å². The van der Waals surface area contributed by atoms with E-state index < -0.39 is 17.7 Å². The third-order valence-electron chi connectivity index (χ3n) is 2.35. The van der Waals surface area contributed by atoms with Crippen LogP contribution in [0.15, 0.2) is 12.1 Å². The molecule has 0 amide bonds. The van der Waals surface area contributed by atoms with Gasteiger partial charge in [0.05, 0.1) is 23.3 Å². The summed E-state index contributed by atoms with van der Waals surface area (Å²) in [6.07, 6.45) is -4.60. The van der Waals surface area contributed by atoms with Crippen LogP contribution < -0.4 is 0 Å². The van der Waals surface area contributed by atoms with E-state index in [-0.39, 0.29) is 28.6 Å². The van der Waals surface area contributed by atoms with Crippen LogP contribution in [0.1, 0.15) is 34.0 Å². The molecule has 0 aliphatic carbocycles. The molecule has 7 heteroatoms. The van der Waals surface area contributed by atoms with Gasteiger partial charge in [-0.15, -0.1) is 0 Å². The molecule has 0 bridgehead atoms. The summed E-state index contributed by atoms with van der Waals surface area (Å²) in [5.74, 6) is -0.931. The summed E-state index contributed by atoms with van der Waals surface area (Å²) in [6.45, 7) is 1.55. The normalized spacial score (nSPS) is 10.9. The molecule has 1 aromatic rings. The quantitative estimate of drug-likeness (QED) is 0.625. The Bertz CT molecular complexity index is 535. The van der Waals surface area contributed by atoms with Crippen LogP contribution in [-0.4, -0.2) is 12.6 Å². The first-order chi connectivity index (χ1) is 8.86. The van der Waals surface area contributed by atoms with Gasteiger partial charge >= 0.3 is 12.1 Å². The Hall–Kier alpha value is -1.55. The maximum absolute atomic E-state index is 12.8. The molecule has 0 N–H and O–H groups in total. The highest BCUT2D eigenvalue weighted by Gasteiger charge is 2.36. The highest BCUT2D eigenvalue weighted by Crippen LogP contribution is 2.35. The smallest absolute Gasteiger partial charge is 0.416 e. The second kappa shape index (κ2) is 6.06. The first-order valence-electron chi connectivity index (χ1n) is 5.23. The molecule has 0 fully saturated rings. The van der Waals surface area contributed by atoms with Gasteiger partial charge in [0, 0.05) is 5.33 Å². The Morgan fingerprint density at radius 2 is 2.11 bits per heavy atom. The molecule has 0 saturated carbocycles. The van der Waals surface area contributed by atoms with E-state index in [1.165, 1.54) is 6.92 Å². The van der Waals surface area contributed by atoms with Crippen LogP contribution in [-0.2, 0) is 16.2 Å². The molecule has 0 spiro atoms. The largest absolute Gasteiger partial charge is 0.462 e. The van der Waals surface area contributed by atoms with Crippen molar-refractivity contribution in [2.45, 2.75) is 18.4 Å². The summed E-state index contributed by atoms with van der Waals surface area (Å²) < 4.78 is 43.2. The summed E-state index contributed by atoms with van der Waals surface area (Å²) in [7, 11) is 0. The fourth-order valence-corrected chi connectivity index (χ4v) is 2.16. The van der Waals surface area contributed by atoms with E-state index >= 15 is 0 Å². The van der Waals surface area contributed by atoms with Gasteiger partial charge in [-0.05, 0) is 24.6 Å². The van der Waals surface area contributed by atoms with Crippen molar-refractivity contribution >= 4 is 21.9 Å². The lowest BCUT2D eigenvalue weighted by atomic mass is 9.97. The van der Waals surface area contributed by atoms with Gasteiger partial charge in [-0.3, -0.25) is 0 Å². The molecule has 0 radical (unpaired) electrons. The standard InChI is InChI=1S/C12H9BrF3NO2/c1-2-19-11(18)10-7(6-17)3-4-9(8(10)5-13)12(14,15)16/h3-4H,2,5H2,1H3. The summed E-state index contributed by atoms with van der Waals surface area (Å²) in [5.41, 5.74) is -1.71. The molecule has 0 heterocycles.